The third-order valence-corrected chi connectivity index (χ3v) is 4.23. The summed E-state index contributed by atoms with van der Waals surface area (Å²) in [5.41, 5.74) is -0.365. The van der Waals surface area contributed by atoms with Crippen molar-refractivity contribution >= 4 is 39.2 Å². The number of rotatable bonds is 6. The SMILES string of the molecule is COc1cc(C=O)c([N+](=O)[O-])cc1OCc1ccc(Br)s1. The summed E-state index contributed by atoms with van der Waals surface area (Å²) in [6, 6.07) is 6.27. The van der Waals surface area contributed by atoms with Gasteiger partial charge in [-0.1, -0.05) is 0 Å². The first kappa shape index (κ1) is 15.5. The number of hydrogen-bond acceptors (Lipinski definition) is 6. The highest BCUT2D eigenvalue weighted by Gasteiger charge is 2.19. The van der Waals surface area contributed by atoms with E-state index in [2.05, 4.69) is 15.9 Å². The number of benzene rings is 1. The second-order valence-corrected chi connectivity index (χ2v) is 6.48. The van der Waals surface area contributed by atoms with Crippen LogP contribution in [0, 0.1) is 10.1 Å². The lowest BCUT2D eigenvalue weighted by molar-refractivity contribution is -0.385. The van der Waals surface area contributed by atoms with Gasteiger partial charge in [0.25, 0.3) is 5.69 Å². The molecule has 21 heavy (non-hydrogen) atoms. The van der Waals surface area contributed by atoms with E-state index in [0.29, 0.717) is 6.29 Å². The second-order valence-electron chi connectivity index (χ2n) is 3.93. The maximum atomic E-state index is 11.0. The quantitative estimate of drug-likeness (QED) is 0.438. The van der Waals surface area contributed by atoms with E-state index >= 15 is 0 Å². The second kappa shape index (κ2) is 6.68. The number of nitrogens with zero attached hydrogens (tertiary/aromatic N) is 1. The standard InChI is InChI=1S/C13H10BrNO5S/c1-19-11-4-8(6-16)10(15(17)18)5-12(11)20-7-9-2-3-13(14)21-9/h2-6H,7H2,1H3. The van der Waals surface area contributed by atoms with Crippen LogP contribution in [0.15, 0.2) is 28.1 Å². The maximum Gasteiger partial charge on any atom is 0.283 e. The summed E-state index contributed by atoms with van der Waals surface area (Å²) in [6.07, 6.45) is 0.417. The third-order valence-electron chi connectivity index (χ3n) is 2.64. The number of ether oxygens (including phenoxy) is 2. The molecule has 0 amide bonds. The lowest BCUT2D eigenvalue weighted by Crippen LogP contribution is -2.00. The Labute approximate surface area is 132 Å². The average Bonchev–Trinajstić information content (AvgIpc) is 2.89. The highest BCUT2D eigenvalue weighted by molar-refractivity contribution is 9.11. The summed E-state index contributed by atoms with van der Waals surface area (Å²) in [5.74, 6) is 0.498. The van der Waals surface area contributed by atoms with Crippen molar-refractivity contribution in [3.05, 3.63) is 48.6 Å². The Kier molecular flexibility index (Phi) is 4.92. The first-order valence-electron chi connectivity index (χ1n) is 5.73. The van der Waals surface area contributed by atoms with Crippen molar-refractivity contribution in [2.75, 3.05) is 7.11 Å². The van der Waals surface area contributed by atoms with Crippen LogP contribution in [-0.4, -0.2) is 18.3 Å². The fourth-order valence-electron chi connectivity index (χ4n) is 1.67. The molecule has 8 heteroatoms. The normalized spacial score (nSPS) is 10.2. The van der Waals surface area contributed by atoms with Crippen molar-refractivity contribution in [1.82, 2.24) is 0 Å². The zero-order valence-electron chi connectivity index (χ0n) is 10.9. The lowest BCUT2D eigenvalue weighted by atomic mass is 10.1. The van der Waals surface area contributed by atoms with Crippen LogP contribution >= 0.6 is 27.3 Å². The van der Waals surface area contributed by atoms with Gasteiger partial charge in [0, 0.05) is 10.9 Å². The molecule has 0 fully saturated rings. The number of methoxy groups -OCH3 is 1. The van der Waals surface area contributed by atoms with Gasteiger partial charge in [-0.15, -0.1) is 11.3 Å². The molecule has 0 bridgehead atoms. The van der Waals surface area contributed by atoms with Crippen LogP contribution in [0.3, 0.4) is 0 Å². The topological polar surface area (TPSA) is 78.7 Å². The van der Waals surface area contributed by atoms with Gasteiger partial charge >= 0.3 is 0 Å². The Balaban J connectivity index is 2.30. The van der Waals surface area contributed by atoms with Gasteiger partial charge < -0.3 is 9.47 Å². The number of nitro benzene ring substituents is 1. The van der Waals surface area contributed by atoms with Crippen molar-refractivity contribution in [3.63, 3.8) is 0 Å². The summed E-state index contributed by atoms with van der Waals surface area (Å²) in [4.78, 5) is 22.2. The molecule has 0 atom stereocenters. The smallest absolute Gasteiger partial charge is 0.283 e. The van der Waals surface area contributed by atoms with Crippen LogP contribution in [0.25, 0.3) is 0 Å². The number of nitro groups is 1. The fraction of sp³-hybridized carbons (Fsp3) is 0.154. The fourth-order valence-corrected chi connectivity index (χ4v) is 3.06. The Hall–Kier alpha value is -1.93. The van der Waals surface area contributed by atoms with Crippen molar-refractivity contribution in [2.45, 2.75) is 6.61 Å². The molecular weight excluding hydrogens is 362 g/mol. The van der Waals surface area contributed by atoms with E-state index in [4.69, 9.17) is 9.47 Å². The minimum Gasteiger partial charge on any atom is -0.493 e. The number of aldehydes is 1. The molecule has 1 heterocycles. The summed E-state index contributed by atoms with van der Waals surface area (Å²) in [7, 11) is 1.41. The van der Waals surface area contributed by atoms with Gasteiger partial charge in [-0.2, -0.15) is 0 Å². The molecular formula is C13H10BrNO5S. The van der Waals surface area contributed by atoms with Crippen molar-refractivity contribution in [2.24, 2.45) is 0 Å². The molecule has 0 radical (unpaired) electrons. The van der Waals surface area contributed by atoms with E-state index < -0.39 is 4.92 Å². The van der Waals surface area contributed by atoms with Crippen LogP contribution in [0.2, 0.25) is 0 Å². The maximum absolute atomic E-state index is 11.0. The molecule has 1 aromatic heterocycles. The van der Waals surface area contributed by atoms with Gasteiger partial charge in [-0.3, -0.25) is 14.9 Å². The number of thiophene rings is 1. The van der Waals surface area contributed by atoms with Gasteiger partial charge in [0.2, 0.25) is 0 Å². The number of hydrogen-bond donors (Lipinski definition) is 0. The van der Waals surface area contributed by atoms with E-state index in [1.165, 1.54) is 30.6 Å². The van der Waals surface area contributed by atoms with Crippen LogP contribution in [0.1, 0.15) is 15.2 Å². The van der Waals surface area contributed by atoms with E-state index in [1.807, 2.05) is 12.1 Å². The number of carbonyl (C=O) groups is 1. The summed E-state index contributed by atoms with van der Waals surface area (Å²) >= 11 is 4.85. The predicted molar refractivity (Wildman–Crippen MR) is 81.4 cm³/mol. The zero-order valence-corrected chi connectivity index (χ0v) is 13.3. The number of carbonyl (C=O) groups excluding carboxylic acids is 1. The van der Waals surface area contributed by atoms with Crippen molar-refractivity contribution in [3.8, 4) is 11.5 Å². The van der Waals surface area contributed by atoms with E-state index in [1.54, 1.807) is 0 Å². The highest BCUT2D eigenvalue weighted by atomic mass is 79.9. The highest BCUT2D eigenvalue weighted by Crippen LogP contribution is 2.35. The van der Waals surface area contributed by atoms with E-state index in [0.717, 1.165) is 8.66 Å². The van der Waals surface area contributed by atoms with Gasteiger partial charge in [-0.05, 0) is 28.1 Å². The molecule has 110 valence electrons. The van der Waals surface area contributed by atoms with E-state index in [9.17, 15) is 14.9 Å². The van der Waals surface area contributed by atoms with Crippen LogP contribution in [0.5, 0.6) is 11.5 Å². The molecule has 0 aliphatic heterocycles. The molecule has 2 rings (SSSR count). The Morgan fingerprint density at radius 1 is 1.38 bits per heavy atom. The molecule has 0 N–H and O–H groups in total. The van der Waals surface area contributed by atoms with Crippen LogP contribution < -0.4 is 9.47 Å². The number of halogens is 1. The van der Waals surface area contributed by atoms with Gasteiger partial charge in [0.1, 0.15) is 6.61 Å². The van der Waals surface area contributed by atoms with Crippen molar-refractivity contribution < 1.29 is 19.2 Å². The lowest BCUT2D eigenvalue weighted by Gasteiger charge is -2.10. The van der Waals surface area contributed by atoms with Gasteiger partial charge in [0.05, 0.1) is 27.4 Å². The molecule has 0 aliphatic rings. The summed E-state index contributed by atoms with van der Waals surface area (Å²) in [5, 5.41) is 11.0. The molecule has 1 aromatic carbocycles. The molecule has 6 nitrogen and oxygen atoms in total. The molecule has 0 unspecified atom stereocenters. The van der Waals surface area contributed by atoms with Crippen molar-refractivity contribution in [1.29, 1.82) is 0 Å². The first-order chi connectivity index (χ1) is 10.0. The monoisotopic (exact) mass is 371 g/mol. The average molecular weight is 372 g/mol. The minimum absolute atomic E-state index is 0.0527. The van der Waals surface area contributed by atoms with Crippen LogP contribution in [0.4, 0.5) is 5.69 Å². The third kappa shape index (κ3) is 3.59. The Morgan fingerprint density at radius 2 is 2.14 bits per heavy atom. The van der Waals surface area contributed by atoms with Gasteiger partial charge in [0.15, 0.2) is 17.8 Å². The molecule has 0 spiro atoms. The minimum atomic E-state index is -0.627. The Bertz CT molecular complexity index is 685. The molecule has 0 saturated heterocycles. The van der Waals surface area contributed by atoms with Crippen LogP contribution in [-0.2, 0) is 6.61 Å². The zero-order chi connectivity index (χ0) is 15.4. The molecule has 0 aliphatic carbocycles. The molecule has 0 saturated carbocycles. The van der Waals surface area contributed by atoms with E-state index in [-0.39, 0.29) is 29.4 Å². The largest absolute Gasteiger partial charge is 0.493 e. The summed E-state index contributed by atoms with van der Waals surface area (Å²) in [6.45, 7) is 0.254. The summed E-state index contributed by atoms with van der Waals surface area (Å²) < 4.78 is 11.6. The van der Waals surface area contributed by atoms with Gasteiger partial charge in [-0.25, -0.2) is 0 Å². The predicted octanol–water partition coefficient (Wildman–Crippen LogP) is 3.82. The first-order valence-corrected chi connectivity index (χ1v) is 7.34. The molecule has 2 aromatic rings. The Morgan fingerprint density at radius 3 is 2.67 bits per heavy atom.